The Bertz CT molecular complexity index is 495. The van der Waals surface area contributed by atoms with Crippen molar-refractivity contribution >= 4 is 11.7 Å². The third-order valence-corrected chi connectivity index (χ3v) is 4.45. The van der Waals surface area contributed by atoms with Gasteiger partial charge < -0.3 is 10.2 Å². The van der Waals surface area contributed by atoms with Crippen molar-refractivity contribution in [3.8, 4) is 0 Å². The Morgan fingerprint density at radius 3 is 2.77 bits per heavy atom. The van der Waals surface area contributed by atoms with Crippen LogP contribution in [0.5, 0.6) is 0 Å². The second-order valence-electron chi connectivity index (χ2n) is 6.55. The number of hydrogen-bond acceptors (Lipinski definition) is 4. The summed E-state index contributed by atoms with van der Waals surface area (Å²) in [6.07, 6.45) is 4.22. The molecule has 1 atom stereocenters. The lowest BCUT2D eigenvalue weighted by Crippen LogP contribution is -2.45. The molecule has 0 bridgehead atoms. The van der Waals surface area contributed by atoms with Gasteiger partial charge in [-0.15, -0.1) is 0 Å². The molecule has 0 aliphatic carbocycles. The quantitative estimate of drug-likeness (QED) is 0.904. The molecule has 0 spiro atoms. The van der Waals surface area contributed by atoms with Crippen LogP contribution in [-0.4, -0.2) is 55.6 Å². The predicted octanol–water partition coefficient (Wildman–Crippen LogP) is 2.00. The fourth-order valence-corrected chi connectivity index (χ4v) is 2.86. The van der Waals surface area contributed by atoms with Gasteiger partial charge in [-0.25, -0.2) is 4.98 Å². The number of likely N-dealkylation sites (tertiary alicyclic amines) is 1. The molecule has 1 aliphatic rings. The lowest BCUT2D eigenvalue weighted by atomic mass is 9.98. The number of nitrogens with one attached hydrogen (secondary N) is 1. The van der Waals surface area contributed by atoms with E-state index in [9.17, 15) is 4.79 Å². The first-order valence-electron chi connectivity index (χ1n) is 8.13. The van der Waals surface area contributed by atoms with Gasteiger partial charge in [-0.1, -0.05) is 6.92 Å². The minimum absolute atomic E-state index is 0.0472. The van der Waals surface area contributed by atoms with Crippen molar-refractivity contribution in [3.63, 3.8) is 0 Å². The van der Waals surface area contributed by atoms with Gasteiger partial charge in [0.1, 0.15) is 5.82 Å². The zero-order valence-corrected chi connectivity index (χ0v) is 14.2. The highest BCUT2D eigenvalue weighted by Crippen LogP contribution is 2.18. The molecular formula is C17H28N4O. The minimum atomic E-state index is -0.0472. The Morgan fingerprint density at radius 1 is 1.45 bits per heavy atom. The van der Waals surface area contributed by atoms with Crippen LogP contribution in [-0.2, 0) is 0 Å². The summed E-state index contributed by atoms with van der Waals surface area (Å²) in [5.41, 5.74) is 0.631. The van der Waals surface area contributed by atoms with Crippen molar-refractivity contribution in [3.05, 3.63) is 23.9 Å². The highest BCUT2D eigenvalue weighted by molar-refractivity contribution is 5.98. The molecule has 1 aromatic rings. The van der Waals surface area contributed by atoms with Crippen molar-refractivity contribution in [2.75, 3.05) is 38.6 Å². The average Bonchev–Trinajstić information content (AvgIpc) is 2.53. The van der Waals surface area contributed by atoms with E-state index in [1.165, 1.54) is 12.8 Å². The predicted molar refractivity (Wildman–Crippen MR) is 90.3 cm³/mol. The molecule has 5 heteroatoms. The zero-order valence-electron chi connectivity index (χ0n) is 14.2. The minimum Gasteiger partial charge on any atom is -0.362 e. The van der Waals surface area contributed by atoms with Gasteiger partial charge in [-0.3, -0.25) is 9.69 Å². The van der Waals surface area contributed by atoms with E-state index in [4.69, 9.17) is 0 Å². The Balaban J connectivity index is 1.90. The molecule has 1 fully saturated rings. The number of pyridine rings is 1. The van der Waals surface area contributed by atoms with E-state index in [1.807, 2.05) is 25.1 Å². The standard InChI is InChI=1S/C17H28N4O/c1-13-7-10-21(11-8-13)14(2)12-19-17(22)15-6-5-9-18-16(15)20(3)4/h5-6,9,13-14H,7-8,10-12H2,1-4H3,(H,19,22). The number of hydrogen-bond donors (Lipinski definition) is 1. The molecule has 1 amide bonds. The maximum Gasteiger partial charge on any atom is 0.255 e. The maximum absolute atomic E-state index is 12.4. The van der Waals surface area contributed by atoms with Crippen LogP contribution >= 0.6 is 0 Å². The SMILES string of the molecule is CC1CCN(C(C)CNC(=O)c2cccnc2N(C)C)CC1. The first-order valence-corrected chi connectivity index (χ1v) is 8.13. The summed E-state index contributed by atoms with van der Waals surface area (Å²) in [6, 6.07) is 4.00. The van der Waals surface area contributed by atoms with Crippen molar-refractivity contribution < 1.29 is 4.79 Å². The zero-order chi connectivity index (χ0) is 16.1. The number of rotatable bonds is 5. The third kappa shape index (κ3) is 4.19. The van der Waals surface area contributed by atoms with Gasteiger partial charge in [0.2, 0.25) is 0 Å². The van der Waals surface area contributed by atoms with Gasteiger partial charge in [-0.05, 0) is 50.9 Å². The third-order valence-electron chi connectivity index (χ3n) is 4.45. The van der Waals surface area contributed by atoms with E-state index in [0.717, 1.165) is 19.0 Å². The molecule has 2 rings (SSSR count). The van der Waals surface area contributed by atoms with Crippen LogP contribution < -0.4 is 10.2 Å². The summed E-state index contributed by atoms with van der Waals surface area (Å²) in [4.78, 5) is 21.0. The number of carbonyl (C=O) groups excluding carboxylic acids is 1. The Morgan fingerprint density at radius 2 is 2.14 bits per heavy atom. The largest absolute Gasteiger partial charge is 0.362 e. The van der Waals surface area contributed by atoms with Crippen molar-refractivity contribution in [1.82, 2.24) is 15.2 Å². The van der Waals surface area contributed by atoms with Gasteiger partial charge in [0.15, 0.2) is 0 Å². The molecule has 0 saturated carbocycles. The Kier molecular flexibility index (Phi) is 5.77. The Hall–Kier alpha value is -1.62. The van der Waals surface area contributed by atoms with E-state index in [1.54, 1.807) is 12.3 Å². The van der Waals surface area contributed by atoms with Crippen LogP contribution in [0.4, 0.5) is 5.82 Å². The van der Waals surface area contributed by atoms with E-state index >= 15 is 0 Å². The highest BCUT2D eigenvalue weighted by Gasteiger charge is 2.21. The molecule has 122 valence electrons. The van der Waals surface area contributed by atoms with Gasteiger partial charge in [0, 0.05) is 32.9 Å². The molecule has 1 unspecified atom stereocenters. The highest BCUT2D eigenvalue weighted by atomic mass is 16.1. The fourth-order valence-electron chi connectivity index (χ4n) is 2.86. The molecule has 2 heterocycles. The van der Waals surface area contributed by atoms with Crippen LogP contribution in [0.2, 0.25) is 0 Å². The van der Waals surface area contributed by atoms with Crippen molar-refractivity contribution in [1.29, 1.82) is 0 Å². The fraction of sp³-hybridized carbons (Fsp3) is 0.647. The van der Waals surface area contributed by atoms with E-state index in [-0.39, 0.29) is 5.91 Å². The van der Waals surface area contributed by atoms with Gasteiger partial charge >= 0.3 is 0 Å². The first kappa shape index (κ1) is 16.7. The molecule has 0 aromatic carbocycles. The lowest BCUT2D eigenvalue weighted by Gasteiger charge is -2.35. The summed E-state index contributed by atoms with van der Waals surface area (Å²) < 4.78 is 0. The molecule has 1 aromatic heterocycles. The van der Waals surface area contributed by atoms with Crippen LogP contribution in [0.1, 0.15) is 37.0 Å². The average molecular weight is 304 g/mol. The van der Waals surface area contributed by atoms with Crippen LogP contribution in [0.25, 0.3) is 0 Å². The number of nitrogens with zero attached hydrogens (tertiary/aromatic N) is 3. The normalized spacial score (nSPS) is 18.0. The lowest BCUT2D eigenvalue weighted by molar-refractivity contribution is 0.0922. The molecule has 0 radical (unpaired) electrons. The molecule has 1 saturated heterocycles. The number of piperidine rings is 1. The smallest absolute Gasteiger partial charge is 0.255 e. The summed E-state index contributed by atoms with van der Waals surface area (Å²) in [6.45, 7) is 7.44. The van der Waals surface area contributed by atoms with Crippen LogP contribution in [0.3, 0.4) is 0 Å². The Labute approximate surface area is 133 Å². The van der Waals surface area contributed by atoms with Crippen LogP contribution in [0, 0.1) is 5.92 Å². The molecule has 1 aliphatic heterocycles. The molecule has 22 heavy (non-hydrogen) atoms. The molecule has 1 N–H and O–H groups in total. The number of aromatic nitrogens is 1. The summed E-state index contributed by atoms with van der Waals surface area (Å²) >= 11 is 0. The van der Waals surface area contributed by atoms with Crippen molar-refractivity contribution in [2.45, 2.75) is 32.7 Å². The van der Waals surface area contributed by atoms with Crippen molar-refractivity contribution in [2.24, 2.45) is 5.92 Å². The second kappa shape index (κ2) is 7.58. The summed E-state index contributed by atoms with van der Waals surface area (Å²) in [5.74, 6) is 1.49. The number of carbonyl (C=O) groups is 1. The van der Waals surface area contributed by atoms with Gasteiger partial charge in [0.25, 0.3) is 5.91 Å². The topological polar surface area (TPSA) is 48.5 Å². The summed E-state index contributed by atoms with van der Waals surface area (Å²) in [7, 11) is 3.80. The molecule has 5 nitrogen and oxygen atoms in total. The van der Waals surface area contributed by atoms with E-state index in [0.29, 0.717) is 24.0 Å². The van der Waals surface area contributed by atoms with E-state index < -0.39 is 0 Å². The summed E-state index contributed by atoms with van der Waals surface area (Å²) in [5, 5.41) is 3.06. The molecular weight excluding hydrogens is 276 g/mol. The van der Waals surface area contributed by atoms with Gasteiger partial charge in [0.05, 0.1) is 5.56 Å². The second-order valence-corrected chi connectivity index (χ2v) is 6.55. The van der Waals surface area contributed by atoms with Crippen LogP contribution in [0.15, 0.2) is 18.3 Å². The van der Waals surface area contributed by atoms with Gasteiger partial charge in [-0.2, -0.15) is 0 Å². The van der Waals surface area contributed by atoms with E-state index in [2.05, 4.69) is 29.0 Å². The maximum atomic E-state index is 12.4. The number of amides is 1. The monoisotopic (exact) mass is 304 g/mol. The first-order chi connectivity index (χ1) is 10.5. The number of anilines is 1.